The fourth-order valence-electron chi connectivity index (χ4n) is 1.91. The van der Waals surface area contributed by atoms with E-state index in [0.717, 1.165) is 12.8 Å². The van der Waals surface area contributed by atoms with Crippen LogP contribution < -0.4 is 10.0 Å². The molecule has 1 fully saturated rings. The Morgan fingerprint density at radius 2 is 2.00 bits per heavy atom. The highest BCUT2D eigenvalue weighted by atomic mass is 32.2. The maximum atomic E-state index is 12.3. The minimum absolute atomic E-state index is 0.0860. The van der Waals surface area contributed by atoms with Gasteiger partial charge in [0.25, 0.3) is 0 Å². The normalized spacial score (nSPS) is 15.2. The summed E-state index contributed by atoms with van der Waals surface area (Å²) in [5.74, 6) is 0.613. The van der Waals surface area contributed by atoms with Gasteiger partial charge in [0.05, 0.1) is 5.69 Å². The van der Waals surface area contributed by atoms with Gasteiger partial charge in [-0.1, -0.05) is 12.1 Å². The molecule has 1 heterocycles. The Hall–Kier alpha value is -1.86. The number of para-hydroxylation sites is 1. The highest BCUT2D eigenvalue weighted by Crippen LogP contribution is 2.27. The van der Waals surface area contributed by atoms with Crippen molar-refractivity contribution in [3.05, 3.63) is 36.5 Å². The second-order valence-corrected chi connectivity index (χ2v) is 6.57. The van der Waals surface area contributed by atoms with Gasteiger partial charge in [-0.3, -0.25) is 4.68 Å². The number of benzene rings is 1. The van der Waals surface area contributed by atoms with E-state index in [0.29, 0.717) is 11.5 Å². The second kappa shape index (κ2) is 4.92. The van der Waals surface area contributed by atoms with Crippen molar-refractivity contribution in [2.24, 2.45) is 7.05 Å². The molecule has 1 aromatic carbocycles. The molecule has 106 valence electrons. The van der Waals surface area contributed by atoms with E-state index in [-0.39, 0.29) is 10.9 Å². The van der Waals surface area contributed by atoms with Crippen LogP contribution in [0.5, 0.6) is 0 Å². The standard InChI is InChI=1S/C13H16N4O2S/c1-17-9-8-13(15-17)14-11-4-2-3-5-12(11)20(18,19)16-10-6-7-10/h2-5,8-10,16H,6-7H2,1H3,(H,14,15). The van der Waals surface area contributed by atoms with Crippen molar-refractivity contribution in [3.8, 4) is 0 Å². The summed E-state index contributed by atoms with van der Waals surface area (Å²) in [7, 11) is -1.68. The predicted molar refractivity (Wildman–Crippen MR) is 76.3 cm³/mol. The molecular formula is C13H16N4O2S. The average Bonchev–Trinajstić information content (AvgIpc) is 3.10. The van der Waals surface area contributed by atoms with E-state index in [1.54, 1.807) is 41.2 Å². The zero-order chi connectivity index (χ0) is 14.2. The number of nitrogens with one attached hydrogen (secondary N) is 2. The molecular weight excluding hydrogens is 276 g/mol. The Morgan fingerprint density at radius 3 is 2.65 bits per heavy atom. The molecule has 2 N–H and O–H groups in total. The van der Waals surface area contributed by atoms with Crippen LogP contribution in [0.1, 0.15) is 12.8 Å². The zero-order valence-corrected chi connectivity index (χ0v) is 11.9. The Labute approximate surface area is 117 Å². The summed E-state index contributed by atoms with van der Waals surface area (Å²) in [6.07, 6.45) is 3.62. The fourth-order valence-corrected chi connectivity index (χ4v) is 3.38. The van der Waals surface area contributed by atoms with Crippen molar-refractivity contribution in [3.63, 3.8) is 0 Å². The first-order valence-corrected chi connectivity index (χ1v) is 7.91. The zero-order valence-electron chi connectivity index (χ0n) is 11.1. The van der Waals surface area contributed by atoms with Crippen molar-refractivity contribution in [2.75, 3.05) is 5.32 Å². The lowest BCUT2D eigenvalue weighted by molar-refractivity contribution is 0.581. The third-order valence-corrected chi connectivity index (χ3v) is 4.63. The van der Waals surface area contributed by atoms with Gasteiger partial charge in [-0.05, 0) is 25.0 Å². The van der Waals surface area contributed by atoms with Gasteiger partial charge in [0.2, 0.25) is 10.0 Å². The van der Waals surface area contributed by atoms with Crippen molar-refractivity contribution >= 4 is 21.5 Å². The highest BCUT2D eigenvalue weighted by molar-refractivity contribution is 7.89. The van der Waals surface area contributed by atoms with Crippen molar-refractivity contribution < 1.29 is 8.42 Å². The van der Waals surface area contributed by atoms with Crippen LogP contribution in [0.4, 0.5) is 11.5 Å². The summed E-state index contributed by atoms with van der Waals surface area (Å²) in [5, 5.41) is 7.23. The maximum absolute atomic E-state index is 12.3. The second-order valence-electron chi connectivity index (χ2n) is 4.89. The minimum Gasteiger partial charge on any atom is -0.338 e. The van der Waals surface area contributed by atoms with Crippen molar-refractivity contribution in [1.82, 2.24) is 14.5 Å². The molecule has 7 heteroatoms. The molecule has 0 bridgehead atoms. The minimum atomic E-state index is -3.49. The molecule has 2 aromatic rings. The highest BCUT2D eigenvalue weighted by Gasteiger charge is 2.29. The maximum Gasteiger partial charge on any atom is 0.242 e. The Bertz CT molecular complexity index is 719. The van der Waals surface area contributed by atoms with Crippen LogP contribution >= 0.6 is 0 Å². The summed E-state index contributed by atoms with van der Waals surface area (Å²) in [4.78, 5) is 0.248. The van der Waals surface area contributed by atoms with Crippen LogP contribution in [0.15, 0.2) is 41.4 Å². The van der Waals surface area contributed by atoms with Gasteiger partial charge in [-0.15, -0.1) is 0 Å². The molecule has 0 saturated heterocycles. The average molecular weight is 292 g/mol. The van der Waals surface area contributed by atoms with Gasteiger partial charge in [0, 0.05) is 25.4 Å². The Kier molecular flexibility index (Phi) is 3.23. The van der Waals surface area contributed by atoms with Gasteiger partial charge < -0.3 is 5.32 Å². The molecule has 0 atom stereocenters. The van der Waals surface area contributed by atoms with Crippen LogP contribution in [0.3, 0.4) is 0 Å². The van der Waals surface area contributed by atoms with E-state index in [4.69, 9.17) is 0 Å². The Balaban J connectivity index is 1.91. The molecule has 20 heavy (non-hydrogen) atoms. The van der Waals surface area contributed by atoms with Crippen LogP contribution in [0.25, 0.3) is 0 Å². The number of aryl methyl sites for hydroxylation is 1. The first kappa shape index (κ1) is 13.1. The number of nitrogens with zero attached hydrogens (tertiary/aromatic N) is 2. The molecule has 1 aliphatic carbocycles. The molecule has 1 aromatic heterocycles. The van der Waals surface area contributed by atoms with E-state index in [1.165, 1.54) is 0 Å². The Morgan fingerprint density at radius 1 is 1.25 bits per heavy atom. The van der Waals surface area contributed by atoms with E-state index in [9.17, 15) is 8.42 Å². The molecule has 0 radical (unpaired) electrons. The fraction of sp³-hybridized carbons (Fsp3) is 0.308. The molecule has 6 nitrogen and oxygen atoms in total. The quantitative estimate of drug-likeness (QED) is 0.877. The monoisotopic (exact) mass is 292 g/mol. The van der Waals surface area contributed by atoms with E-state index in [1.807, 2.05) is 7.05 Å². The summed E-state index contributed by atoms with van der Waals surface area (Å²) in [6.45, 7) is 0. The summed E-state index contributed by atoms with van der Waals surface area (Å²) >= 11 is 0. The number of sulfonamides is 1. The third kappa shape index (κ3) is 2.83. The SMILES string of the molecule is Cn1ccc(Nc2ccccc2S(=O)(=O)NC2CC2)n1. The molecule has 1 saturated carbocycles. The molecule has 0 spiro atoms. The van der Waals surface area contributed by atoms with E-state index in [2.05, 4.69) is 15.1 Å². The van der Waals surface area contributed by atoms with Gasteiger partial charge >= 0.3 is 0 Å². The predicted octanol–water partition coefficient (Wildman–Crippen LogP) is 1.60. The third-order valence-electron chi connectivity index (χ3n) is 3.05. The van der Waals surface area contributed by atoms with Gasteiger partial charge in [0.1, 0.15) is 4.90 Å². The topological polar surface area (TPSA) is 76.0 Å². The van der Waals surface area contributed by atoms with Crippen LogP contribution in [0, 0.1) is 0 Å². The summed E-state index contributed by atoms with van der Waals surface area (Å²) in [5.41, 5.74) is 0.527. The molecule has 0 unspecified atom stereocenters. The van der Waals surface area contributed by atoms with E-state index < -0.39 is 10.0 Å². The molecule has 0 aliphatic heterocycles. The lowest BCUT2D eigenvalue weighted by atomic mass is 10.3. The lowest BCUT2D eigenvalue weighted by Gasteiger charge is -2.11. The van der Waals surface area contributed by atoms with Gasteiger partial charge in [-0.2, -0.15) is 5.10 Å². The van der Waals surface area contributed by atoms with Gasteiger partial charge in [0.15, 0.2) is 5.82 Å². The molecule has 3 rings (SSSR count). The number of hydrogen-bond donors (Lipinski definition) is 2. The lowest BCUT2D eigenvalue weighted by Crippen LogP contribution is -2.26. The first-order valence-electron chi connectivity index (χ1n) is 6.43. The summed E-state index contributed by atoms with van der Waals surface area (Å²) in [6, 6.07) is 8.71. The number of hydrogen-bond acceptors (Lipinski definition) is 4. The number of anilines is 2. The van der Waals surface area contributed by atoms with Crippen molar-refractivity contribution in [1.29, 1.82) is 0 Å². The van der Waals surface area contributed by atoms with E-state index >= 15 is 0 Å². The van der Waals surface area contributed by atoms with Crippen LogP contribution in [0.2, 0.25) is 0 Å². The molecule has 1 aliphatic rings. The van der Waals surface area contributed by atoms with Crippen LogP contribution in [-0.2, 0) is 17.1 Å². The largest absolute Gasteiger partial charge is 0.338 e. The van der Waals surface area contributed by atoms with Gasteiger partial charge in [-0.25, -0.2) is 13.1 Å². The smallest absolute Gasteiger partial charge is 0.242 e. The molecule has 0 amide bonds. The number of rotatable bonds is 5. The number of aromatic nitrogens is 2. The first-order chi connectivity index (χ1) is 9.54. The summed E-state index contributed by atoms with van der Waals surface area (Å²) < 4.78 is 29.0. The van der Waals surface area contributed by atoms with Crippen molar-refractivity contribution in [2.45, 2.75) is 23.8 Å². The van der Waals surface area contributed by atoms with Crippen LogP contribution in [-0.4, -0.2) is 24.2 Å².